The van der Waals surface area contributed by atoms with Crippen molar-refractivity contribution >= 4 is 5.91 Å². The highest BCUT2D eigenvalue weighted by Crippen LogP contribution is 2.09. The summed E-state index contributed by atoms with van der Waals surface area (Å²) in [6.07, 6.45) is 0. The van der Waals surface area contributed by atoms with E-state index in [0.717, 1.165) is 18.1 Å². The van der Waals surface area contributed by atoms with Gasteiger partial charge in [0.05, 0.1) is 13.1 Å². The van der Waals surface area contributed by atoms with Gasteiger partial charge in [-0.1, -0.05) is 0 Å². The summed E-state index contributed by atoms with van der Waals surface area (Å²) in [6.45, 7) is 4.33. The van der Waals surface area contributed by atoms with E-state index < -0.39 is 0 Å². The molecule has 0 aliphatic carbocycles. The Hall–Kier alpha value is -1.33. The van der Waals surface area contributed by atoms with Crippen LogP contribution in [0.15, 0.2) is 16.5 Å². The van der Waals surface area contributed by atoms with Crippen LogP contribution in [0.25, 0.3) is 0 Å². The molecule has 1 rings (SSSR count). The molecule has 0 atom stereocenters. The predicted octanol–water partition coefficient (Wildman–Crippen LogP) is 0.698. The first kappa shape index (κ1) is 14.7. The third-order valence-corrected chi connectivity index (χ3v) is 2.64. The second kappa shape index (κ2) is 7.18. The van der Waals surface area contributed by atoms with Crippen LogP contribution in [0.3, 0.4) is 0 Å². The fourth-order valence-electron chi connectivity index (χ4n) is 1.63. The highest BCUT2D eigenvalue weighted by molar-refractivity contribution is 5.78. The number of hydrogen-bond acceptors (Lipinski definition) is 4. The lowest BCUT2D eigenvalue weighted by atomic mass is 10.3. The average molecular weight is 253 g/mol. The Balaban J connectivity index is 2.61. The molecule has 1 amide bonds. The molecule has 0 bridgehead atoms. The van der Waals surface area contributed by atoms with Crippen LogP contribution in [0.4, 0.5) is 0 Å². The minimum Gasteiger partial charge on any atom is -0.464 e. The molecule has 1 heterocycles. The number of aryl methyl sites for hydroxylation is 1. The molecule has 0 saturated heterocycles. The molecular weight excluding hydrogens is 230 g/mol. The molecule has 0 aliphatic heterocycles. The first-order chi connectivity index (χ1) is 8.52. The van der Waals surface area contributed by atoms with Crippen molar-refractivity contribution in [2.45, 2.75) is 13.5 Å². The zero-order valence-corrected chi connectivity index (χ0v) is 11.7. The number of furan rings is 1. The largest absolute Gasteiger partial charge is 0.464 e. The standard InChI is InChI=1S/C13H23N3O2/c1-11-5-6-12(18-11)10-16(8-7-15(3)4)13(17)9-14-2/h5-6,14H,7-10H2,1-4H3. The number of carbonyl (C=O) groups excluding carboxylic acids is 1. The van der Waals surface area contributed by atoms with Crippen LogP contribution in [0.5, 0.6) is 0 Å². The van der Waals surface area contributed by atoms with Crippen molar-refractivity contribution < 1.29 is 9.21 Å². The molecule has 0 unspecified atom stereocenters. The molecule has 0 aliphatic rings. The fraction of sp³-hybridized carbons (Fsp3) is 0.615. The molecule has 5 heteroatoms. The van der Waals surface area contributed by atoms with Crippen molar-refractivity contribution in [1.82, 2.24) is 15.1 Å². The average Bonchev–Trinajstić information content (AvgIpc) is 2.70. The SMILES string of the molecule is CNCC(=O)N(CCN(C)C)Cc1ccc(C)o1. The van der Waals surface area contributed by atoms with E-state index >= 15 is 0 Å². The zero-order valence-electron chi connectivity index (χ0n) is 11.7. The number of rotatable bonds is 7. The predicted molar refractivity (Wildman–Crippen MR) is 71.3 cm³/mol. The van der Waals surface area contributed by atoms with E-state index in [9.17, 15) is 4.79 Å². The maximum Gasteiger partial charge on any atom is 0.236 e. The van der Waals surface area contributed by atoms with Crippen molar-refractivity contribution in [3.8, 4) is 0 Å². The molecule has 0 saturated carbocycles. The van der Waals surface area contributed by atoms with Crippen LogP contribution in [-0.4, -0.2) is 56.5 Å². The van der Waals surface area contributed by atoms with E-state index in [1.807, 2.05) is 38.1 Å². The number of hydrogen-bond donors (Lipinski definition) is 1. The van der Waals surface area contributed by atoms with Gasteiger partial charge >= 0.3 is 0 Å². The van der Waals surface area contributed by atoms with Crippen molar-refractivity contribution in [3.63, 3.8) is 0 Å². The van der Waals surface area contributed by atoms with Crippen molar-refractivity contribution in [1.29, 1.82) is 0 Å². The van der Waals surface area contributed by atoms with Gasteiger partial charge in [0, 0.05) is 13.1 Å². The maximum absolute atomic E-state index is 12.0. The van der Waals surface area contributed by atoms with Crippen molar-refractivity contribution in [2.24, 2.45) is 0 Å². The van der Waals surface area contributed by atoms with Crippen LogP contribution < -0.4 is 5.32 Å². The molecule has 1 N–H and O–H groups in total. The molecule has 5 nitrogen and oxygen atoms in total. The van der Waals surface area contributed by atoms with Crippen LogP contribution in [-0.2, 0) is 11.3 Å². The summed E-state index contributed by atoms with van der Waals surface area (Å²) < 4.78 is 5.52. The Morgan fingerprint density at radius 1 is 1.33 bits per heavy atom. The molecule has 1 aromatic heterocycles. The second-order valence-electron chi connectivity index (χ2n) is 4.66. The van der Waals surface area contributed by atoms with Gasteiger partial charge in [-0.3, -0.25) is 4.79 Å². The van der Waals surface area contributed by atoms with E-state index in [1.54, 1.807) is 7.05 Å². The number of likely N-dealkylation sites (N-methyl/N-ethyl adjacent to an activating group) is 2. The monoisotopic (exact) mass is 253 g/mol. The highest BCUT2D eigenvalue weighted by atomic mass is 16.3. The molecular formula is C13H23N3O2. The zero-order chi connectivity index (χ0) is 13.5. The Bertz CT molecular complexity index is 374. The maximum atomic E-state index is 12.0. The summed E-state index contributed by atoms with van der Waals surface area (Å²) in [4.78, 5) is 15.8. The van der Waals surface area contributed by atoms with Crippen LogP contribution in [0.1, 0.15) is 11.5 Å². The van der Waals surface area contributed by atoms with Gasteiger partial charge in [0.15, 0.2) is 0 Å². The number of carbonyl (C=O) groups is 1. The van der Waals surface area contributed by atoms with Gasteiger partial charge in [-0.15, -0.1) is 0 Å². The summed E-state index contributed by atoms with van der Waals surface area (Å²) in [5.41, 5.74) is 0. The summed E-state index contributed by atoms with van der Waals surface area (Å²) in [5.74, 6) is 1.79. The lowest BCUT2D eigenvalue weighted by Crippen LogP contribution is -2.40. The minimum absolute atomic E-state index is 0.0911. The third kappa shape index (κ3) is 4.89. The number of nitrogens with zero attached hydrogens (tertiary/aromatic N) is 2. The van der Waals surface area contributed by atoms with Gasteiger partial charge in [0.1, 0.15) is 11.5 Å². The topological polar surface area (TPSA) is 48.7 Å². The van der Waals surface area contributed by atoms with E-state index in [4.69, 9.17) is 4.42 Å². The summed E-state index contributed by atoms with van der Waals surface area (Å²) in [6, 6.07) is 3.84. The molecule has 102 valence electrons. The van der Waals surface area contributed by atoms with Gasteiger partial charge in [-0.25, -0.2) is 0 Å². The number of amides is 1. The van der Waals surface area contributed by atoms with Gasteiger partial charge < -0.3 is 19.5 Å². The van der Waals surface area contributed by atoms with Gasteiger partial charge in [-0.2, -0.15) is 0 Å². The normalized spacial score (nSPS) is 10.9. The van der Waals surface area contributed by atoms with Crippen LogP contribution >= 0.6 is 0 Å². The van der Waals surface area contributed by atoms with Gasteiger partial charge in [-0.05, 0) is 40.2 Å². The molecule has 18 heavy (non-hydrogen) atoms. The molecule has 0 fully saturated rings. The van der Waals surface area contributed by atoms with Gasteiger partial charge in [0.25, 0.3) is 0 Å². The smallest absolute Gasteiger partial charge is 0.236 e. The molecule has 0 aromatic carbocycles. The molecule has 0 radical (unpaired) electrons. The minimum atomic E-state index is 0.0911. The lowest BCUT2D eigenvalue weighted by Gasteiger charge is -2.23. The Morgan fingerprint density at radius 3 is 2.56 bits per heavy atom. The third-order valence-electron chi connectivity index (χ3n) is 2.64. The second-order valence-corrected chi connectivity index (χ2v) is 4.66. The summed E-state index contributed by atoms with van der Waals surface area (Å²) in [5, 5.41) is 2.89. The number of nitrogens with one attached hydrogen (secondary N) is 1. The van der Waals surface area contributed by atoms with Crippen molar-refractivity contribution in [3.05, 3.63) is 23.7 Å². The van der Waals surface area contributed by atoms with E-state index in [-0.39, 0.29) is 5.91 Å². The first-order valence-corrected chi connectivity index (χ1v) is 6.15. The summed E-state index contributed by atoms with van der Waals surface area (Å²) in [7, 11) is 5.77. The highest BCUT2D eigenvalue weighted by Gasteiger charge is 2.14. The fourth-order valence-corrected chi connectivity index (χ4v) is 1.63. The van der Waals surface area contributed by atoms with E-state index in [2.05, 4.69) is 10.2 Å². The van der Waals surface area contributed by atoms with Crippen LogP contribution in [0, 0.1) is 6.92 Å². The molecule has 1 aromatic rings. The van der Waals surface area contributed by atoms with Crippen molar-refractivity contribution in [2.75, 3.05) is 40.8 Å². The first-order valence-electron chi connectivity index (χ1n) is 6.15. The summed E-state index contributed by atoms with van der Waals surface area (Å²) >= 11 is 0. The van der Waals surface area contributed by atoms with E-state index in [1.165, 1.54) is 0 Å². The Kier molecular flexibility index (Phi) is 5.88. The lowest BCUT2D eigenvalue weighted by molar-refractivity contribution is -0.131. The molecule has 0 spiro atoms. The Labute approximate surface area is 109 Å². The van der Waals surface area contributed by atoms with Gasteiger partial charge in [0.2, 0.25) is 5.91 Å². The van der Waals surface area contributed by atoms with Crippen LogP contribution in [0.2, 0.25) is 0 Å². The van der Waals surface area contributed by atoms with E-state index in [0.29, 0.717) is 19.6 Å². The Morgan fingerprint density at radius 2 is 2.06 bits per heavy atom. The quantitative estimate of drug-likeness (QED) is 0.777.